The van der Waals surface area contributed by atoms with Gasteiger partial charge in [0.15, 0.2) is 0 Å². The van der Waals surface area contributed by atoms with E-state index in [1.165, 1.54) is 0 Å². The summed E-state index contributed by atoms with van der Waals surface area (Å²) >= 11 is 0. The second-order valence-electron chi connectivity index (χ2n) is 7.26. The third-order valence-electron chi connectivity index (χ3n) is 4.49. The number of anilines is 1. The first-order valence-electron chi connectivity index (χ1n) is 9.32. The number of nitrogens with zero attached hydrogens (tertiary/aromatic N) is 1. The van der Waals surface area contributed by atoms with Crippen molar-refractivity contribution in [3.63, 3.8) is 0 Å². The van der Waals surface area contributed by atoms with Crippen LogP contribution in [0, 0.1) is 5.92 Å². The molecule has 1 fully saturated rings. The lowest BCUT2D eigenvalue weighted by atomic mass is 10.0. The van der Waals surface area contributed by atoms with Crippen molar-refractivity contribution >= 4 is 23.7 Å². The molecule has 0 aromatic heterocycles. The van der Waals surface area contributed by atoms with Gasteiger partial charge in [-0.2, -0.15) is 0 Å². The number of rotatable bonds is 6. The van der Waals surface area contributed by atoms with Crippen LogP contribution in [-0.4, -0.2) is 48.0 Å². The van der Waals surface area contributed by atoms with E-state index in [4.69, 9.17) is 5.73 Å². The maximum absolute atomic E-state index is 12.5. The van der Waals surface area contributed by atoms with Gasteiger partial charge in [0.05, 0.1) is 0 Å². The average Bonchev–Trinajstić information content (AvgIpc) is 2.61. The highest BCUT2D eigenvalue weighted by Crippen LogP contribution is 2.14. The van der Waals surface area contributed by atoms with E-state index in [0.717, 1.165) is 5.69 Å². The number of nitrogens with two attached hydrogens (primary N) is 1. The van der Waals surface area contributed by atoms with Crippen LogP contribution in [0.3, 0.4) is 0 Å². The Balaban J connectivity index is 1.81. The molecule has 0 spiro atoms. The fourth-order valence-electron chi connectivity index (χ4n) is 3.13. The Morgan fingerprint density at radius 2 is 1.78 bits per heavy atom. The van der Waals surface area contributed by atoms with Crippen molar-refractivity contribution in [1.29, 1.82) is 0 Å². The SMILES string of the molecule is CC(C)CC(NC(N)=O)C(=O)NC1CCN(C(=O)Nc2ccccc2)CC1. The predicted molar refractivity (Wildman–Crippen MR) is 104 cm³/mol. The fourth-order valence-corrected chi connectivity index (χ4v) is 3.13. The van der Waals surface area contributed by atoms with Gasteiger partial charge in [-0.1, -0.05) is 32.0 Å². The molecule has 1 heterocycles. The van der Waals surface area contributed by atoms with Crippen molar-refractivity contribution in [1.82, 2.24) is 15.5 Å². The monoisotopic (exact) mass is 375 g/mol. The van der Waals surface area contributed by atoms with E-state index in [2.05, 4.69) is 16.0 Å². The molecule has 0 aliphatic carbocycles. The van der Waals surface area contributed by atoms with Gasteiger partial charge in [-0.15, -0.1) is 0 Å². The molecule has 1 unspecified atom stereocenters. The fraction of sp³-hybridized carbons (Fsp3) is 0.526. The smallest absolute Gasteiger partial charge is 0.321 e. The molecule has 1 aromatic carbocycles. The van der Waals surface area contributed by atoms with Crippen LogP contribution in [0.1, 0.15) is 33.1 Å². The molecule has 2 rings (SSSR count). The maximum atomic E-state index is 12.5. The van der Waals surface area contributed by atoms with Gasteiger partial charge < -0.3 is 26.6 Å². The quantitative estimate of drug-likeness (QED) is 0.608. The Hall–Kier alpha value is -2.77. The minimum Gasteiger partial charge on any atom is -0.352 e. The molecule has 0 radical (unpaired) electrons. The molecule has 5 N–H and O–H groups in total. The second kappa shape index (κ2) is 9.80. The summed E-state index contributed by atoms with van der Waals surface area (Å²) in [7, 11) is 0. The van der Waals surface area contributed by atoms with Gasteiger partial charge >= 0.3 is 12.1 Å². The van der Waals surface area contributed by atoms with E-state index in [-0.39, 0.29) is 23.9 Å². The number of urea groups is 2. The van der Waals surface area contributed by atoms with Crippen molar-refractivity contribution in [3.05, 3.63) is 30.3 Å². The molecule has 1 aliphatic rings. The summed E-state index contributed by atoms with van der Waals surface area (Å²) in [5.41, 5.74) is 5.93. The first-order chi connectivity index (χ1) is 12.8. The summed E-state index contributed by atoms with van der Waals surface area (Å²) in [5, 5.41) is 8.35. The number of carbonyl (C=O) groups is 3. The van der Waals surface area contributed by atoms with Crippen LogP contribution in [0.4, 0.5) is 15.3 Å². The average molecular weight is 375 g/mol. The number of piperidine rings is 1. The number of carbonyl (C=O) groups excluding carboxylic acids is 3. The molecule has 5 amide bonds. The van der Waals surface area contributed by atoms with Crippen LogP contribution in [0.15, 0.2) is 30.3 Å². The van der Waals surface area contributed by atoms with E-state index < -0.39 is 12.1 Å². The number of amides is 5. The molecule has 0 bridgehead atoms. The summed E-state index contributed by atoms with van der Waals surface area (Å²) < 4.78 is 0. The van der Waals surface area contributed by atoms with Crippen molar-refractivity contribution in [2.24, 2.45) is 11.7 Å². The first-order valence-corrected chi connectivity index (χ1v) is 9.32. The molecule has 1 aliphatic heterocycles. The van der Waals surface area contributed by atoms with Gasteiger partial charge in [0.25, 0.3) is 0 Å². The number of primary amides is 1. The zero-order valence-electron chi connectivity index (χ0n) is 15.9. The number of likely N-dealkylation sites (tertiary alicyclic amines) is 1. The Kier molecular flexibility index (Phi) is 7.45. The van der Waals surface area contributed by atoms with Gasteiger partial charge in [-0.3, -0.25) is 4.79 Å². The van der Waals surface area contributed by atoms with E-state index in [1.54, 1.807) is 4.90 Å². The molecule has 0 saturated carbocycles. The number of para-hydroxylation sites is 1. The van der Waals surface area contributed by atoms with Gasteiger partial charge in [0.2, 0.25) is 5.91 Å². The Morgan fingerprint density at radius 1 is 1.15 bits per heavy atom. The number of nitrogens with one attached hydrogen (secondary N) is 3. The molecule has 1 aromatic rings. The van der Waals surface area contributed by atoms with E-state index in [9.17, 15) is 14.4 Å². The highest BCUT2D eigenvalue weighted by molar-refractivity contribution is 5.89. The zero-order chi connectivity index (χ0) is 19.8. The van der Waals surface area contributed by atoms with Gasteiger partial charge in [0.1, 0.15) is 6.04 Å². The Bertz CT molecular complexity index is 642. The predicted octanol–water partition coefficient (Wildman–Crippen LogP) is 1.88. The van der Waals surface area contributed by atoms with Crippen LogP contribution < -0.4 is 21.7 Å². The van der Waals surface area contributed by atoms with Crippen molar-refractivity contribution < 1.29 is 14.4 Å². The third kappa shape index (κ3) is 6.80. The molecule has 8 heteroatoms. The van der Waals surface area contributed by atoms with Gasteiger partial charge in [-0.25, -0.2) is 9.59 Å². The molecular formula is C19H29N5O3. The molecule has 1 atom stereocenters. The summed E-state index contributed by atoms with van der Waals surface area (Å²) in [6, 6.07) is 7.79. The van der Waals surface area contributed by atoms with Crippen LogP contribution in [0.25, 0.3) is 0 Å². The number of hydrogen-bond acceptors (Lipinski definition) is 3. The van der Waals surface area contributed by atoms with E-state index in [1.807, 2.05) is 44.2 Å². The summed E-state index contributed by atoms with van der Waals surface area (Å²) in [6.45, 7) is 5.07. The van der Waals surface area contributed by atoms with E-state index in [0.29, 0.717) is 32.4 Å². The molecule has 27 heavy (non-hydrogen) atoms. The molecule has 8 nitrogen and oxygen atoms in total. The van der Waals surface area contributed by atoms with Crippen molar-refractivity contribution in [3.8, 4) is 0 Å². The highest BCUT2D eigenvalue weighted by Gasteiger charge is 2.27. The normalized spacial score (nSPS) is 15.9. The molecule has 148 valence electrons. The van der Waals surface area contributed by atoms with Crippen molar-refractivity contribution in [2.75, 3.05) is 18.4 Å². The minimum atomic E-state index is -0.705. The summed E-state index contributed by atoms with van der Waals surface area (Å²) in [6.07, 6.45) is 1.85. The maximum Gasteiger partial charge on any atom is 0.321 e. The zero-order valence-corrected chi connectivity index (χ0v) is 15.9. The summed E-state index contributed by atoms with van der Waals surface area (Å²) in [5.74, 6) is 0.0193. The lowest BCUT2D eigenvalue weighted by molar-refractivity contribution is -0.124. The van der Waals surface area contributed by atoms with Crippen molar-refractivity contribution in [2.45, 2.75) is 45.2 Å². The Morgan fingerprint density at radius 3 is 2.33 bits per heavy atom. The van der Waals surface area contributed by atoms with Gasteiger partial charge in [0, 0.05) is 24.8 Å². The summed E-state index contributed by atoms with van der Waals surface area (Å²) in [4.78, 5) is 37.7. The van der Waals surface area contributed by atoms with Crippen LogP contribution >= 0.6 is 0 Å². The van der Waals surface area contributed by atoms with Crippen LogP contribution in [0.2, 0.25) is 0 Å². The van der Waals surface area contributed by atoms with E-state index >= 15 is 0 Å². The second-order valence-corrected chi connectivity index (χ2v) is 7.26. The highest BCUT2D eigenvalue weighted by atomic mass is 16.2. The number of hydrogen-bond donors (Lipinski definition) is 4. The molecule has 1 saturated heterocycles. The lowest BCUT2D eigenvalue weighted by Gasteiger charge is -2.33. The standard InChI is InChI=1S/C19H29N5O3/c1-13(2)12-16(23-18(20)26)17(25)21-15-8-10-24(11-9-15)19(27)22-14-6-4-3-5-7-14/h3-7,13,15-16H,8-12H2,1-2H3,(H,21,25)(H,22,27)(H3,20,23,26). The molecular weight excluding hydrogens is 346 g/mol. The van der Waals surface area contributed by atoms with Crippen LogP contribution in [0.5, 0.6) is 0 Å². The van der Waals surface area contributed by atoms with Gasteiger partial charge in [-0.05, 0) is 37.3 Å². The third-order valence-corrected chi connectivity index (χ3v) is 4.49. The largest absolute Gasteiger partial charge is 0.352 e. The van der Waals surface area contributed by atoms with Crippen LogP contribution in [-0.2, 0) is 4.79 Å². The minimum absolute atomic E-state index is 0.0254. The number of benzene rings is 1. The first kappa shape index (κ1) is 20.5. The Labute approximate surface area is 159 Å². The topological polar surface area (TPSA) is 117 Å². The lowest BCUT2D eigenvalue weighted by Crippen LogP contribution is -2.54.